The summed E-state index contributed by atoms with van der Waals surface area (Å²) in [5.41, 5.74) is 2.99. The van der Waals surface area contributed by atoms with E-state index in [0.717, 1.165) is 88.8 Å². The topological polar surface area (TPSA) is 0 Å². The zero-order valence-corrected chi connectivity index (χ0v) is 69.6. The zero-order valence-electron chi connectivity index (χ0n) is 69.6. The average Bonchev–Trinajstić information content (AvgIpc) is 2.10. The third-order valence-corrected chi connectivity index (χ3v) is 25.1. The molecule has 7 aliphatic carbocycles. The molecule has 0 aliphatic heterocycles. The van der Waals surface area contributed by atoms with Gasteiger partial charge < -0.3 is 0 Å². The number of rotatable bonds is 12. The van der Waals surface area contributed by atoms with Crippen molar-refractivity contribution in [2.45, 2.75) is 460 Å². The molecule has 7 saturated carbocycles. The second kappa shape index (κ2) is 54.1. The van der Waals surface area contributed by atoms with Crippen LogP contribution in [0, 0.1) is 116 Å². The van der Waals surface area contributed by atoms with Gasteiger partial charge in [-0.15, -0.1) is 0 Å². The van der Waals surface area contributed by atoms with Crippen molar-refractivity contribution in [3.05, 3.63) is 0 Å². The van der Waals surface area contributed by atoms with Crippen LogP contribution in [0.4, 0.5) is 0 Å². The Balaban J connectivity index is -0.000000448. The minimum Gasteiger partial charge on any atom is -0.0654 e. The Morgan fingerprint density at radius 3 is 0.955 bits per heavy atom. The molecule has 0 heterocycles. The molecule has 0 heteroatoms. The van der Waals surface area contributed by atoms with E-state index < -0.39 is 0 Å². The third-order valence-electron chi connectivity index (χ3n) is 25.1. The van der Waals surface area contributed by atoms with Crippen LogP contribution in [0.25, 0.3) is 0 Å². The normalized spacial score (nSPS) is 25.7. The van der Waals surface area contributed by atoms with Crippen LogP contribution in [0.5, 0.6) is 0 Å². The molecule has 0 aromatic rings. The zero-order chi connectivity index (χ0) is 69.6. The molecule has 0 N–H and O–H groups in total. The maximum atomic E-state index is 2.42. The molecule has 542 valence electrons. The van der Waals surface area contributed by atoms with E-state index in [0.29, 0.717) is 27.1 Å². The summed E-state index contributed by atoms with van der Waals surface area (Å²) in [7, 11) is 0. The highest BCUT2D eigenvalue weighted by molar-refractivity contribution is 4.90. The Kier molecular flexibility index (Phi) is 57.9. The van der Waals surface area contributed by atoms with E-state index >= 15 is 0 Å². The van der Waals surface area contributed by atoms with Gasteiger partial charge in [-0.2, -0.15) is 0 Å². The Morgan fingerprint density at radius 1 is 0.371 bits per heavy atom. The van der Waals surface area contributed by atoms with E-state index in [2.05, 4.69) is 228 Å². The van der Waals surface area contributed by atoms with Crippen LogP contribution in [-0.2, 0) is 0 Å². The third kappa shape index (κ3) is 52.8. The van der Waals surface area contributed by atoms with Gasteiger partial charge in [0.2, 0.25) is 0 Å². The van der Waals surface area contributed by atoms with Crippen LogP contribution in [0.2, 0.25) is 0 Å². The fourth-order valence-corrected chi connectivity index (χ4v) is 14.7. The Hall–Kier alpha value is 0. The minimum absolute atomic E-state index is 0.550. The van der Waals surface area contributed by atoms with Crippen LogP contribution < -0.4 is 0 Å². The molecule has 3 unspecified atom stereocenters. The van der Waals surface area contributed by atoms with Crippen molar-refractivity contribution in [2.24, 2.45) is 116 Å². The van der Waals surface area contributed by atoms with Gasteiger partial charge in [-0.3, -0.25) is 0 Å². The maximum Gasteiger partial charge on any atom is -0.0323 e. The van der Waals surface area contributed by atoms with Gasteiger partial charge in [-0.25, -0.2) is 0 Å². The van der Waals surface area contributed by atoms with E-state index in [1.807, 2.05) is 0 Å². The van der Waals surface area contributed by atoms with Gasteiger partial charge in [0.1, 0.15) is 0 Å². The van der Waals surface area contributed by atoms with E-state index in [9.17, 15) is 0 Å². The maximum absolute atomic E-state index is 2.42. The van der Waals surface area contributed by atoms with E-state index in [4.69, 9.17) is 0 Å². The van der Waals surface area contributed by atoms with Gasteiger partial charge in [0.05, 0.1) is 0 Å². The molecular weight excluding hydrogens is 1070 g/mol. The van der Waals surface area contributed by atoms with Crippen LogP contribution >= 0.6 is 0 Å². The van der Waals surface area contributed by atoms with Gasteiger partial charge in [-0.05, 0) is 154 Å². The second-order valence-electron chi connectivity index (χ2n) is 37.5. The van der Waals surface area contributed by atoms with Gasteiger partial charge in [0.15, 0.2) is 0 Å². The second-order valence-corrected chi connectivity index (χ2v) is 37.5. The fourth-order valence-electron chi connectivity index (χ4n) is 14.7. The van der Waals surface area contributed by atoms with Crippen LogP contribution in [-0.4, -0.2) is 0 Å². The van der Waals surface area contributed by atoms with Crippen molar-refractivity contribution >= 4 is 0 Å². The molecule has 7 aliphatic rings. The fraction of sp³-hybridized carbons (Fsp3) is 1.00. The van der Waals surface area contributed by atoms with Crippen molar-refractivity contribution < 1.29 is 0 Å². The Morgan fingerprint density at radius 2 is 0.753 bits per heavy atom. The first kappa shape index (κ1) is 95.4. The first-order chi connectivity index (χ1) is 41.2. The van der Waals surface area contributed by atoms with Gasteiger partial charge in [0.25, 0.3) is 0 Å². The number of hydrogen-bond acceptors (Lipinski definition) is 0. The summed E-state index contributed by atoms with van der Waals surface area (Å²) in [6.07, 6.45) is 51.5. The lowest BCUT2D eigenvalue weighted by Gasteiger charge is -2.47. The summed E-state index contributed by atoms with van der Waals surface area (Å²) < 4.78 is 0. The molecular formula is C89H186. The van der Waals surface area contributed by atoms with Crippen molar-refractivity contribution in [1.82, 2.24) is 0 Å². The monoisotopic (exact) mass is 1260 g/mol. The summed E-state index contributed by atoms with van der Waals surface area (Å²) in [5.74, 6) is 14.6. The highest BCUT2D eigenvalue weighted by Gasteiger charge is 2.40. The molecule has 0 bridgehead atoms. The summed E-state index contributed by atoms with van der Waals surface area (Å²) in [6.45, 7) is 77.1. The standard InChI is InChI=1S/C11H22.3C9H18.2C8H16.C7H14.4C7H16/c1-9-10(2,3)7-6-8-11(9,4)5;1-8-4-6-9(2,3)7-5-8;1-8-6-4-5-7-9(8,2)3;1-7-5-4-6-8(2)9(7)3;1-7-5-3-4-6-8(7)2;1-7(2)8-5-3-4-6-8;1-6(2)7-4-3-5-7;1-5-6-7(2,3)4;1-4-5-6-7(2)3;1-4-6-7(3)5-2;1-4-7(5-2)6-3/h9H,6-8H2,1-5H3;2*8H,4-7H2,1-3H3;7-9H,4-6H2,1-3H3;2*7-8H,3-6H2,1-2H3;6-7H,3-5H2,1-2H3;5-6H2,1-4H3;3*7H,4-6H2,1-3H3/t;;8-;;7-,8?;;;;;7-;/m..1.1....1./s1. The first-order valence-electron chi connectivity index (χ1n) is 41.2. The lowest BCUT2D eigenvalue weighted by molar-refractivity contribution is 0.0286. The van der Waals surface area contributed by atoms with Gasteiger partial charge in [-0.1, -0.05) is 421 Å². The number of hydrogen-bond donors (Lipinski definition) is 0. The van der Waals surface area contributed by atoms with Gasteiger partial charge >= 0.3 is 0 Å². The first-order valence-corrected chi connectivity index (χ1v) is 41.2. The summed E-state index contributed by atoms with van der Waals surface area (Å²) >= 11 is 0. The van der Waals surface area contributed by atoms with Crippen LogP contribution in [0.15, 0.2) is 0 Å². The summed E-state index contributed by atoms with van der Waals surface area (Å²) in [6, 6.07) is 0. The van der Waals surface area contributed by atoms with E-state index in [1.54, 1.807) is 0 Å². The molecule has 0 nitrogen and oxygen atoms in total. The molecule has 89 heavy (non-hydrogen) atoms. The molecule has 0 amide bonds. The van der Waals surface area contributed by atoms with E-state index in [-0.39, 0.29) is 0 Å². The summed E-state index contributed by atoms with van der Waals surface area (Å²) in [5, 5.41) is 0. The Labute approximate surface area is 572 Å². The smallest absolute Gasteiger partial charge is 0.0323 e. The highest BCUT2D eigenvalue weighted by Crippen LogP contribution is 2.50. The molecule has 6 atom stereocenters. The largest absolute Gasteiger partial charge is 0.0654 e. The predicted molar refractivity (Wildman–Crippen MR) is 418 cm³/mol. The SMILES string of the molecule is CC(C)C1CCC1.CC(C)C1CCCC1.CC1C(C)(C)CCCC1(C)C.CC1CCC(C)(C)CC1.CC1CCCC(C)C1C.CC1CCCC[C@H]1C.CCC(CC)CC.CCCC(C)(C)C.CCCCC(C)C.CCC[C@H](C)CC.C[C@@H]1CCCCC1(C)C. The molecule has 0 aromatic carbocycles. The van der Waals surface area contributed by atoms with Crippen molar-refractivity contribution in [3.63, 3.8) is 0 Å². The van der Waals surface area contributed by atoms with Gasteiger partial charge in [0, 0.05) is 0 Å². The highest BCUT2D eigenvalue weighted by atomic mass is 14.5. The summed E-state index contributed by atoms with van der Waals surface area (Å²) in [4.78, 5) is 0. The van der Waals surface area contributed by atoms with Crippen LogP contribution in [0.3, 0.4) is 0 Å². The molecule has 0 aromatic heterocycles. The Bertz CT molecular complexity index is 1410. The minimum atomic E-state index is 0.550. The van der Waals surface area contributed by atoms with Crippen molar-refractivity contribution in [3.8, 4) is 0 Å². The molecule has 0 saturated heterocycles. The van der Waals surface area contributed by atoms with Crippen LogP contribution in [0.1, 0.15) is 460 Å². The average molecular weight is 1260 g/mol. The quantitative estimate of drug-likeness (QED) is 0.183. The molecule has 7 fully saturated rings. The van der Waals surface area contributed by atoms with E-state index in [1.165, 1.54) is 231 Å². The lowest BCUT2D eigenvalue weighted by Crippen LogP contribution is -2.38. The molecule has 0 spiro atoms. The lowest BCUT2D eigenvalue weighted by atomic mass is 9.58. The van der Waals surface area contributed by atoms with Crippen molar-refractivity contribution in [1.29, 1.82) is 0 Å². The predicted octanol–water partition coefficient (Wildman–Crippen LogP) is 32.8. The molecule has 7 rings (SSSR count). The molecule has 0 radical (unpaired) electrons. The van der Waals surface area contributed by atoms with Crippen molar-refractivity contribution in [2.75, 3.05) is 0 Å². The number of unbranched alkanes of at least 4 members (excludes halogenated alkanes) is 1.